The predicted molar refractivity (Wildman–Crippen MR) is 122 cm³/mol. The van der Waals surface area contributed by atoms with Crippen LogP contribution in [0.3, 0.4) is 0 Å². The zero-order valence-corrected chi connectivity index (χ0v) is 19.8. The highest BCUT2D eigenvalue weighted by molar-refractivity contribution is 5.40. The minimum absolute atomic E-state index is 0.193. The summed E-state index contributed by atoms with van der Waals surface area (Å²) in [5.41, 5.74) is 2.47. The molecule has 0 aliphatic heterocycles. The molecule has 0 bridgehead atoms. The first-order chi connectivity index (χ1) is 14.0. The van der Waals surface area contributed by atoms with Crippen LogP contribution in [0.1, 0.15) is 92.4 Å². The molecule has 0 saturated heterocycles. The van der Waals surface area contributed by atoms with E-state index in [2.05, 4.69) is 32.9 Å². The predicted octanol–water partition coefficient (Wildman–Crippen LogP) is 5.39. The Labute approximate surface area is 183 Å². The van der Waals surface area contributed by atoms with Gasteiger partial charge in [-0.05, 0) is 81.5 Å². The second kappa shape index (κ2) is 7.74. The van der Waals surface area contributed by atoms with Crippen molar-refractivity contribution in [1.29, 1.82) is 0 Å². The van der Waals surface area contributed by atoms with Crippen molar-refractivity contribution in [2.24, 2.45) is 34.5 Å². The summed E-state index contributed by atoms with van der Waals surface area (Å²) < 4.78 is 0. The first kappa shape index (κ1) is 22.6. The van der Waals surface area contributed by atoms with Gasteiger partial charge >= 0.3 is 0 Å². The van der Waals surface area contributed by atoms with Crippen molar-refractivity contribution in [1.82, 2.24) is 0 Å². The quantitative estimate of drug-likeness (QED) is 0.563. The lowest BCUT2D eigenvalue weighted by molar-refractivity contribution is -0.0545. The fourth-order valence-electron chi connectivity index (χ4n) is 8.08. The SMILES string of the molecule is CC(CCCC(C)(C)O)[C@H]1CCC2C3=CC=C4C[C@@H](O)CC(O)[C@]4(C)[C@@H]3CC[C@@]21C. The van der Waals surface area contributed by atoms with Crippen LogP contribution in [0.15, 0.2) is 23.3 Å². The first-order valence-corrected chi connectivity index (χ1v) is 12.5. The van der Waals surface area contributed by atoms with Crippen LogP contribution in [-0.4, -0.2) is 33.1 Å². The third-order valence-electron chi connectivity index (χ3n) is 9.86. The van der Waals surface area contributed by atoms with E-state index in [0.29, 0.717) is 29.6 Å². The molecule has 8 atom stereocenters. The molecular formula is C27H44O3. The third kappa shape index (κ3) is 3.63. The van der Waals surface area contributed by atoms with E-state index in [0.717, 1.165) is 31.6 Å². The van der Waals surface area contributed by atoms with Crippen molar-refractivity contribution in [3.05, 3.63) is 23.3 Å². The van der Waals surface area contributed by atoms with Crippen molar-refractivity contribution in [2.45, 2.75) is 110 Å². The molecule has 4 aliphatic carbocycles. The monoisotopic (exact) mass is 416 g/mol. The normalized spacial score (nSPS) is 44.5. The van der Waals surface area contributed by atoms with Gasteiger partial charge < -0.3 is 15.3 Å². The minimum atomic E-state index is -0.555. The van der Waals surface area contributed by atoms with Gasteiger partial charge in [0.05, 0.1) is 17.8 Å². The molecule has 4 rings (SSSR count). The zero-order valence-electron chi connectivity index (χ0n) is 19.8. The third-order valence-corrected chi connectivity index (χ3v) is 9.86. The molecule has 3 unspecified atom stereocenters. The maximum atomic E-state index is 11.0. The molecule has 0 aromatic heterocycles. The van der Waals surface area contributed by atoms with Crippen LogP contribution in [0.5, 0.6) is 0 Å². The van der Waals surface area contributed by atoms with E-state index in [1.54, 1.807) is 5.57 Å². The fourth-order valence-corrected chi connectivity index (χ4v) is 8.08. The Balaban J connectivity index is 1.53. The first-order valence-electron chi connectivity index (χ1n) is 12.5. The number of aliphatic hydroxyl groups is 3. The molecule has 0 heterocycles. The van der Waals surface area contributed by atoms with E-state index >= 15 is 0 Å². The average Bonchev–Trinajstić information content (AvgIpc) is 2.99. The lowest BCUT2D eigenvalue weighted by atomic mass is 9.49. The standard InChI is InChI=1S/C27H44O3/c1-17(7-6-13-25(2,3)30)21-10-11-22-20-9-8-18-15-19(28)16-24(29)27(18,5)23(20)12-14-26(21,22)4/h8-9,17,19,21-24,28-30H,6-7,10-16H2,1-5H3/t17?,19-,21-,22?,23-,24?,26-,27+/m1/s1. The second-order valence-corrected chi connectivity index (χ2v) is 12.3. The van der Waals surface area contributed by atoms with Gasteiger partial charge in [-0.15, -0.1) is 0 Å². The summed E-state index contributed by atoms with van der Waals surface area (Å²) in [5.74, 6) is 2.51. The number of fused-ring (bicyclic) bond motifs is 5. The van der Waals surface area contributed by atoms with Crippen LogP contribution in [0, 0.1) is 34.5 Å². The van der Waals surface area contributed by atoms with Crippen LogP contribution in [0.25, 0.3) is 0 Å². The molecule has 3 heteroatoms. The zero-order chi connectivity index (χ0) is 21.9. The fraction of sp³-hybridized carbons (Fsp3) is 0.852. The van der Waals surface area contributed by atoms with Crippen LogP contribution < -0.4 is 0 Å². The van der Waals surface area contributed by atoms with Gasteiger partial charge in [0.2, 0.25) is 0 Å². The van der Waals surface area contributed by atoms with Gasteiger partial charge in [0.25, 0.3) is 0 Å². The molecule has 4 aliphatic rings. The maximum absolute atomic E-state index is 11.0. The molecule has 0 amide bonds. The Bertz CT molecular complexity index is 716. The van der Waals surface area contributed by atoms with Crippen LogP contribution in [0.2, 0.25) is 0 Å². The molecule has 0 aromatic rings. The highest BCUT2D eigenvalue weighted by Gasteiger charge is 2.58. The van der Waals surface area contributed by atoms with Gasteiger partial charge in [-0.3, -0.25) is 0 Å². The molecule has 170 valence electrons. The van der Waals surface area contributed by atoms with E-state index in [1.807, 2.05) is 13.8 Å². The molecule has 3 saturated carbocycles. The Morgan fingerprint density at radius 3 is 2.53 bits per heavy atom. The summed E-state index contributed by atoms with van der Waals surface area (Å²) in [5, 5.41) is 31.3. The summed E-state index contributed by atoms with van der Waals surface area (Å²) in [6, 6.07) is 0. The Morgan fingerprint density at radius 2 is 1.83 bits per heavy atom. The number of rotatable bonds is 5. The van der Waals surface area contributed by atoms with Crippen molar-refractivity contribution in [2.75, 3.05) is 0 Å². The van der Waals surface area contributed by atoms with Crippen LogP contribution in [0.4, 0.5) is 0 Å². The molecule has 0 aromatic carbocycles. The maximum Gasteiger partial charge on any atom is 0.0661 e. The van der Waals surface area contributed by atoms with Crippen molar-refractivity contribution in [3.63, 3.8) is 0 Å². The number of allylic oxidation sites excluding steroid dienone is 3. The van der Waals surface area contributed by atoms with Crippen molar-refractivity contribution >= 4 is 0 Å². The molecule has 3 N–H and O–H groups in total. The lowest BCUT2D eigenvalue weighted by Crippen LogP contribution is -2.52. The van der Waals surface area contributed by atoms with E-state index in [1.165, 1.54) is 31.3 Å². The van der Waals surface area contributed by atoms with E-state index in [9.17, 15) is 15.3 Å². The Hall–Kier alpha value is -0.640. The Morgan fingerprint density at radius 1 is 1.10 bits per heavy atom. The van der Waals surface area contributed by atoms with Crippen molar-refractivity contribution < 1.29 is 15.3 Å². The lowest BCUT2D eigenvalue weighted by Gasteiger charge is -2.56. The summed E-state index contributed by atoms with van der Waals surface area (Å²) in [7, 11) is 0. The van der Waals surface area contributed by atoms with Gasteiger partial charge in [-0.1, -0.05) is 56.9 Å². The van der Waals surface area contributed by atoms with E-state index < -0.39 is 17.8 Å². The summed E-state index contributed by atoms with van der Waals surface area (Å²) in [4.78, 5) is 0. The second-order valence-electron chi connectivity index (χ2n) is 12.3. The molecule has 3 fully saturated rings. The average molecular weight is 417 g/mol. The largest absolute Gasteiger partial charge is 0.393 e. The minimum Gasteiger partial charge on any atom is -0.393 e. The number of hydrogen-bond donors (Lipinski definition) is 3. The summed E-state index contributed by atoms with van der Waals surface area (Å²) in [6.07, 6.45) is 13.2. The highest BCUT2D eigenvalue weighted by atomic mass is 16.3. The van der Waals surface area contributed by atoms with E-state index in [4.69, 9.17) is 0 Å². The van der Waals surface area contributed by atoms with Gasteiger partial charge in [0.15, 0.2) is 0 Å². The van der Waals surface area contributed by atoms with Crippen LogP contribution in [-0.2, 0) is 0 Å². The van der Waals surface area contributed by atoms with Crippen molar-refractivity contribution in [3.8, 4) is 0 Å². The topological polar surface area (TPSA) is 60.7 Å². The van der Waals surface area contributed by atoms with Gasteiger partial charge in [-0.2, -0.15) is 0 Å². The van der Waals surface area contributed by atoms with Gasteiger partial charge in [-0.25, -0.2) is 0 Å². The molecular weight excluding hydrogens is 372 g/mol. The Kier molecular flexibility index (Phi) is 5.82. The molecule has 0 spiro atoms. The number of hydrogen-bond acceptors (Lipinski definition) is 3. The smallest absolute Gasteiger partial charge is 0.0661 e. The highest BCUT2D eigenvalue weighted by Crippen LogP contribution is 2.66. The van der Waals surface area contributed by atoms with Gasteiger partial charge in [0.1, 0.15) is 0 Å². The summed E-state index contributed by atoms with van der Waals surface area (Å²) >= 11 is 0. The molecule has 3 nitrogen and oxygen atoms in total. The molecule has 0 radical (unpaired) electrons. The summed E-state index contributed by atoms with van der Waals surface area (Å²) in [6.45, 7) is 11.1. The molecule has 30 heavy (non-hydrogen) atoms. The van der Waals surface area contributed by atoms with E-state index in [-0.39, 0.29) is 5.41 Å². The van der Waals surface area contributed by atoms with Crippen LogP contribution >= 0.6 is 0 Å². The number of aliphatic hydroxyl groups excluding tert-OH is 2. The van der Waals surface area contributed by atoms with Gasteiger partial charge in [0, 0.05) is 11.8 Å².